The number of rotatable bonds is 5. The third kappa shape index (κ3) is 3.82. The molecule has 0 unspecified atom stereocenters. The van der Waals surface area contributed by atoms with Crippen molar-refractivity contribution in [3.63, 3.8) is 0 Å². The quantitative estimate of drug-likeness (QED) is 0.465. The average Bonchev–Trinajstić information content (AvgIpc) is 3.39. The number of hydrogen-bond donors (Lipinski definition) is 1. The van der Waals surface area contributed by atoms with Gasteiger partial charge in [0.1, 0.15) is 6.04 Å². The molecular weight excluding hydrogens is 402 g/mol. The number of nitrogens with zero attached hydrogens (tertiary/aromatic N) is 4. The Bertz CT molecular complexity index is 1170. The Hall–Kier alpha value is -3.51. The van der Waals surface area contributed by atoms with Gasteiger partial charge >= 0.3 is 0 Å². The third-order valence-electron chi connectivity index (χ3n) is 5.65. The molecule has 0 bridgehead atoms. The molecule has 0 radical (unpaired) electrons. The van der Waals surface area contributed by atoms with Crippen LogP contribution in [0.4, 0.5) is 5.69 Å². The largest absolute Gasteiger partial charge is 0.351 e. The van der Waals surface area contributed by atoms with Crippen LogP contribution in [0.2, 0.25) is 0 Å². The van der Waals surface area contributed by atoms with Gasteiger partial charge in [-0.25, -0.2) is 0 Å². The lowest BCUT2D eigenvalue weighted by Gasteiger charge is -2.29. The minimum absolute atomic E-state index is 0.0308. The zero-order chi connectivity index (χ0) is 21.2. The molecule has 5 nitrogen and oxygen atoms in total. The predicted octanol–water partition coefficient (Wildman–Crippen LogP) is 4.81. The maximum atomic E-state index is 5.82. The molecule has 1 fully saturated rings. The molecule has 2 atom stereocenters. The van der Waals surface area contributed by atoms with Crippen LogP contribution < -0.4 is 10.2 Å². The summed E-state index contributed by atoms with van der Waals surface area (Å²) < 4.78 is 2.27. The molecular formula is C25H23N5S. The molecule has 1 aliphatic heterocycles. The van der Waals surface area contributed by atoms with Crippen molar-refractivity contribution in [2.24, 2.45) is 0 Å². The molecule has 0 aliphatic carbocycles. The van der Waals surface area contributed by atoms with Crippen molar-refractivity contribution in [3.05, 3.63) is 114 Å². The molecule has 4 aromatic rings. The fourth-order valence-electron chi connectivity index (χ4n) is 4.17. The van der Waals surface area contributed by atoms with Crippen LogP contribution in [0, 0.1) is 6.92 Å². The van der Waals surface area contributed by atoms with Crippen molar-refractivity contribution < 1.29 is 0 Å². The molecule has 4 heterocycles. The van der Waals surface area contributed by atoms with Gasteiger partial charge in [-0.15, -0.1) is 0 Å². The van der Waals surface area contributed by atoms with E-state index in [1.807, 2.05) is 30.6 Å². The zero-order valence-electron chi connectivity index (χ0n) is 17.2. The molecule has 154 valence electrons. The molecule has 1 aliphatic rings. The van der Waals surface area contributed by atoms with E-state index in [4.69, 9.17) is 12.2 Å². The standard InChI is InChI=1S/C25H23N5S/c1-18-9-11-20(12-10-18)30-24(23(28-25(30)31)21-7-2-3-14-27-21)22-8-5-15-29(22)17-19-6-4-13-26-16-19/h2-16,23-24H,17H2,1H3,(H,28,31)/t23-,24+/m0/s1. The van der Waals surface area contributed by atoms with Gasteiger partial charge in [0.25, 0.3) is 0 Å². The Kier molecular flexibility index (Phi) is 5.22. The van der Waals surface area contributed by atoms with Gasteiger partial charge < -0.3 is 14.8 Å². The summed E-state index contributed by atoms with van der Waals surface area (Å²) in [7, 11) is 0. The summed E-state index contributed by atoms with van der Waals surface area (Å²) in [5.74, 6) is 0. The summed E-state index contributed by atoms with van der Waals surface area (Å²) in [4.78, 5) is 11.1. The summed E-state index contributed by atoms with van der Waals surface area (Å²) in [5.41, 5.74) is 5.59. The van der Waals surface area contributed by atoms with Crippen LogP contribution in [0.5, 0.6) is 0 Å². The van der Waals surface area contributed by atoms with Crippen LogP contribution in [0.3, 0.4) is 0 Å². The monoisotopic (exact) mass is 425 g/mol. The van der Waals surface area contributed by atoms with Crippen molar-refractivity contribution in [1.82, 2.24) is 19.9 Å². The number of anilines is 1. The second-order valence-electron chi connectivity index (χ2n) is 7.75. The number of aryl methyl sites for hydroxylation is 1. The van der Waals surface area contributed by atoms with E-state index >= 15 is 0 Å². The molecule has 0 saturated carbocycles. The van der Waals surface area contributed by atoms with Gasteiger partial charge in [0, 0.05) is 42.7 Å². The Morgan fingerprint density at radius 2 is 1.84 bits per heavy atom. The molecule has 5 rings (SSSR count). The number of nitrogens with one attached hydrogen (secondary N) is 1. The maximum absolute atomic E-state index is 5.82. The Morgan fingerprint density at radius 3 is 2.58 bits per heavy atom. The summed E-state index contributed by atoms with van der Waals surface area (Å²) in [6.45, 7) is 2.84. The van der Waals surface area contributed by atoms with E-state index in [1.54, 1.807) is 6.20 Å². The summed E-state index contributed by atoms with van der Waals surface area (Å²) in [5, 5.41) is 4.24. The molecule has 31 heavy (non-hydrogen) atoms. The van der Waals surface area contributed by atoms with E-state index in [-0.39, 0.29) is 12.1 Å². The molecule has 6 heteroatoms. The fraction of sp³-hybridized carbons (Fsp3) is 0.160. The Morgan fingerprint density at radius 1 is 0.968 bits per heavy atom. The number of aromatic nitrogens is 3. The minimum Gasteiger partial charge on any atom is -0.351 e. The third-order valence-corrected chi connectivity index (χ3v) is 5.97. The highest BCUT2D eigenvalue weighted by Crippen LogP contribution is 2.41. The minimum atomic E-state index is -0.0578. The van der Waals surface area contributed by atoms with E-state index in [2.05, 4.69) is 86.4 Å². The van der Waals surface area contributed by atoms with Crippen molar-refractivity contribution in [3.8, 4) is 0 Å². The topological polar surface area (TPSA) is 46.0 Å². The van der Waals surface area contributed by atoms with Crippen LogP contribution in [-0.4, -0.2) is 19.6 Å². The molecule has 3 aromatic heterocycles. The zero-order valence-corrected chi connectivity index (χ0v) is 18.0. The summed E-state index contributed by atoms with van der Waals surface area (Å²) in [6.07, 6.45) is 7.66. The van der Waals surface area contributed by atoms with E-state index < -0.39 is 0 Å². The lowest BCUT2D eigenvalue weighted by atomic mass is 10.0. The number of pyridine rings is 2. The van der Waals surface area contributed by atoms with Gasteiger partial charge in [-0.3, -0.25) is 9.97 Å². The van der Waals surface area contributed by atoms with E-state index in [9.17, 15) is 0 Å². The van der Waals surface area contributed by atoms with Crippen LogP contribution in [-0.2, 0) is 6.54 Å². The average molecular weight is 426 g/mol. The van der Waals surface area contributed by atoms with Crippen LogP contribution in [0.1, 0.15) is 34.6 Å². The number of benzene rings is 1. The second-order valence-corrected chi connectivity index (χ2v) is 8.14. The first-order chi connectivity index (χ1) is 15.2. The van der Waals surface area contributed by atoms with Gasteiger partial charge in [-0.05, 0) is 67.2 Å². The fourth-order valence-corrected chi connectivity index (χ4v) is 4.51. The van der Waals surface area contributed by atoms with E-state index in [0.29, 0.717) is 5.11 Å². The van der Waals surface area contributed by atoms with E-state index in [0.717, 1.165) is 23.5 Å². The smallest absolute Gasteiger partial charge is 0.174 e. The van der Waals surface area contributed by atoms with Crippen molar-refractivity contribution >= 4 is 23.0 Å². The maximum Gasteiger partial charge on any atom is 0.174 e. The molecule has 0 spiro atoms. The highest BCUT2D eigenvalue weighted by molar-refractivity contribution is 7.80. The molecule has 0 amide bonds. The number of thiocarbonyl (C=S) groups is 1. The highest BCUT2D eigenvalue weighted by Gasteiger charge is 2.41. The normalized spacial score (nSPS) is 18.2. The van der Waals surface area contributed by atoms with Gasteiger partial charge in [-0.2, -0.15) is 0 Å². The summed E-state index contributed by atoms with van der Waals surface area (Å²) >= 11 is 5.82. The lowest BCUT2D eigenvalue weighted by molar-refractivity contribution is 0.533. The Balaban J connectivity index is 1.60. The lowest BCUT2D eigenvalue weighted by Crippen LogP contribution is -2.30. The van der Waals surface area contributed by atoms with Gasteiger partial charge in [-0.1, -0.05) is 29.8 Å². The van der Waals surface area contributed by atoms with Crippen LogP contribution in [0.25, 0.3) is 0 Å². The van der Waals surface area contributed by atoms with Crippen molar-refractivity contribution in [2.45, 2.75) is 25.6 Å². The first-order valence-corrected chi connectivity index (χ1v) is 10.7. The number of hydrogen-bond acceptors (Lipinski definition) is 3. The van der Waals surface area contributed by atoms with Gasteiger partial charge in [0.2, 0.25) is 0 Å². The second kappa shape index (κ2) is 8.32. The van der Waals surface area contributed by atoms with Crippen molar-refractivity contribution in [1.29, 1.82) is 0 Å². The molecule has 1 N–H and O–H groups in total. The van der Waals surface area contributed by atoms with E-state index in [1.165, 1.54) is 11.3 Å². The van der Waals surface area contributed by atoms with Gasteiger partial charge in [0.15, 0.2) is 5.11 Å². The summed E-state index contributed by atoms with van der Waals surface area (Å²) in [6, 6.07) is 22.8. The first kappa shape index (κ1) is 19.5. The van der Waals surface area contributed by atoms with Gasteiger partial charge in [0.05, 0.1) is 11.7 Å². The SMILES string of the molecule is Cc1ccc(N2C(=S)N[C@@H](c3ccccn3)[C@H]2c2cccn2Cc2cccnc2)cc1. The predicted molar refractivity (Wildman–Crippen MR) is 127 cm³/mol. The molecule has 1 aromatic carbocycles. The Labute approximate surface area is 187 Å². The first-order valence-electron chi connectivity index (χ1n) is 10.3. The highest BCUT2D eigenvalue weighted by atomic mass is 32.1. The van der Waals surface area contributed by atoms with Crippen LogP contribution in [0.15, 0.2) is 91.5 Å². The van der Waals surface area contributed by atoms with Crippen LogP contribution >= 0.6 is 12.2 Å². The molecule has 1 saturated heterocycles. The van der Waals surface area contributed by atoms with Crippen molar-refractivity contribution in [2.75, 3.05) is 4.90 Å².